The molecule has 5 N–H and O–H groups in total. The minimum Gasteiger partial charge on any atom is -0.383 e. The van der Waals surface area contributed by atoms with E-state index in [0.717, 1.165) is 12.8 Å². The Morgan fingerprint density at radius 3 is 2.58 bits per heavy atom. The van der Waals surface area contributed by atoms with E-state index in [2.05, 4.69) is 20.0 Å². The molecule has 178 valence electrons. The number of aliphatic imine (C=N–C) groups is 1. The minimum absolute atomic E-state index is 0.141. The first kappa shape index (κ1) is 26.3. The zero-order valence-corrected chi connectivity index (χ0v) is 19.9. The molecule has 1 heterocycles. The highest BCUT2D eigenvalue weighted by atomic mass is 32.2. The van der Waals surface area contributed by atoms with Crippen LogP contribution in [0.3, 0.4) is 0 Å². The van der Waals surface area contributed by atoms with E-state index in [-0.39, 0.29) is 11.4 Å². The summed E-state index contributed by atoms with van der Waals surface area (Å²) < 4.78 is 20.0. The van der Waals surface area contributed by atoms with E-state index in [0.29, 0.717) is 41.0 Å². The number of anilines is 1. The van der Waals surface area contributed by atoms with Gasteiger partial charge in [-0.05, 0) is 43.2 Å². The second-order valence-corrected chi connectivity index (χ2v) is 8.74. The number of H-pyrrole nitrogens is 1. The molecule has 0 amide bonds. The van der Waals surface area contributed by atoms with Crippen LogP contribution in [-0.2, 0) is 15.7 Å². The molecule has 0 spiro atoms. The Morgan fingerprint density at radius 2 is 1.94 bits per heavy atom. The Labute approximate surface area is 197 Å². The molecule has 0 bridgehead atoms. The highest BCUT2D eigenvalue weighted by Crippen LogP contribution is 2.23. The van der Waals surface area contributed by atoms with E-state index in [9.17, 15) is 9.00 Å². The monoisotopic (exact) mass is 472 g/mol. The largest absolute Gasteiger partial charge is 0.383 e. The second-order valence-electron chi connectivity index (χ2n) is 7.45. The van der Waals surface area contributed by atoms with Gasteiger partial charge in [0.15, 0.2) is 0 Å². The van der Waals surface area contributed by atoms with Crippen molar-refractivity contribution in [3.8, 4) is 6.07 Å². The predicted molar refractivity (Wildman–Crippen MR) is 132 cm³/mol. The molecule has 0 aliphatic heterocycles. The van der Waals surface area contributed by atoms with Gasteiger partial charge in [0.05, 0.1) is 28.9 Å². The molecule has 1 atom stereocenters. The number of nitrogens with one attached hydrogen (secondary N) is 3. The van der Waals surface area contributed by atoms with Crippen LogP contribution < -0.4 is 21.3 Å². The number of ether oxygens (including phenoxy) is 1. The quantitative estimate of drug-likeness (QED) is 0.251. The molecule has 3 rings (SSSR count). The van der Waals surface area contributed by atoms with Gasteiger partial charge < -0.3 is 20.8 Å². The van der Waals surface area contributed by atoms with Crippen molar-refractivity contribution in [2.45, 2.75) is 50.0 Å². The second kappa shape index (κ2) is 14.2. The Bertz CT molecular complexity index is 1020. The summed E-state index contributed by atoms with van der Waals surface area (Å²) in [6.45, 7) is 2.40. The molecular weight excluding hydrogens is 440 g/mol. The van der Waals surface area contributed by atoms with Crippen molar-refractivity contribution in [3.05, 3.63) is 52.4 Å². The molecule has 0 radical (unpaired) electrons. The molecule has 2 aromatic rings. The molecule has 1 unspecified atom stereocenters. The number of methoxy groups -OCH3 is 1. The molecule has 1 saturated carbocycles. The maximum atomic E-state index is 12.5. The molecular formula is C23H32N6O3S. The van der Waals surface area contributed by atoms with Crippen molar-refractivity contribution in [1.29, 1.82) is 5.26 Å². The molecule has 1 aliphatic carbocycles. The first-order chi connectivity index (χ1) is 16.0. The van der Waals surface area contributed by atoms with Crippen LogP contribution in [0.2, 0.25) is 0 Å². The van der Waals surface area contributed by atoms with Gasteiger partial charge in [0.2, 0.25) is 0 Å². The number of rotatable bonds is 9. The zero-order chi connectivity index (χ0) is 24.1. The first-order valence-electron chi connectivity index (χ1n) is 10.9. The average Bonchev–Trinajstić information content (AvgIpc) is 2.81. The van der Waals surface area contributed by atoms with E-state index >= 15 is 0 Å². The van der Waals surface area contributed by atoms with Crippen LogP contribution in [0.5, 0.6) is 0 Å². The van der Waals surface area contributed by atoms with Crippen molar-refractivity contribution in [2.75, 3.05) is 25.6 Å². The Morgan fingerprint density at radius 1 is 1.27 bits per heavy atom. The molecule has 1 aromatic heterocycles. The predicted octanol–water partition coefficient (Wildman–Crippen LogP) is 2.94. The molecule has 10 heteroatoms. The SMILES string of the molecule is CC#N.COCCNS(=O)c1ccc(N=C(N)c2c(NC3CCCCC3)cc[nH]c2=O)cc1. The topological polar surface area (TPSA) is 145 Å². The summed E-state index contributed by atoms with van der Waals surface area (Å²) in [5, 5.41) is 10.8. The molecule has 1 aromatic carbocycles. The lowest BCUT2D eigenvalue weighted by molar-refractivity contribution is 0.205. The van der Waals surface area contributed by atoms with Crippen LogP contribution in [0.1, 0.15) is 44.6 Å². The lowest BCUT2D eigenvalue weighted by atomic mass is 9.95. The maximum Gasteiger partial charge on any atom is 0.261 e. The molecule has 1 fully saturated rings. The van der Waals surface area contributed by atoms with Crippen LogP contribution in [0.4, 0.5) is 11.4 Å². The average molecular weight is 473 g/mol. The van der Waals surface area contributed by atoms with Gasteiger partial charge in [-0.15, -0.1) is 0 Å². The van der Waals surface area contributed by atoms with Crippen molar-refractivity contribution < 1.29 is 8.95 Å². The van der Waals surface area contributed by atoms with Crippen LogP contribution in [0.15, 0.2) is 51.2 Å². The first-order valence-corrected chi connectivity index (χ1v) is 12.0. The van der Waals surface area contributed by atoms with E-state index in [4.69, 9.17) is 15.7 Å². The fourth-order valence-electron chi connectivity index (χ4n) is 3.48. The van der Waals surface area contributed by atoms with Gasteiger partial charge in [-0.1, -0.05) is 19.3 Å². The van der Waals surface area contributed by atoms with Gasteiger partial charge in [-0.2, -0.15) is 5.26 Å². The Hall–Kier alpha value is -3.00. The van der Waals surface area contributed by atoms with E-state index < -0.39 is 11.0 Å². The third-order valence-corrected chi connectivity index (χ3v) is 6.19. The third-order valence-electron chi connectivity index (χ3n) is 5.02. The summed E-state index contributed by atoms with van der Waals surface area (Å²) in [6.07, 6.45) is 7.42. The molecule has 33 heavy (non-hydrogen) atoms. The van der Waals surface area contributed by atoms with Gasteiger partial charge in [0.25, 0.3) is 5.56 Å². The van der Waals surface area contributed by atoms with Crippen LogP contribution >= 0.6 is 0 Å². The maximum absolute atomic E-state index is 12.5. The van der Waals surface area contributed by atoms with Crippen LogP contribution in [-0.4, -0.2) is 41.3 Å². The van der Waals surface area contributed by atoms with Gasteiger partial charge in [0, 0.05) is 32.8 Å². The number of benzene rings is 1. The van der Waals surface area contributed by atoms with Gasteiger partial charge in [0.1, 0.15) is 22.4 Å². The number of amidine groups is 1. The van der Waals surface area contributed by atoms with E-state index in [1.54, 1.807) is 43.6 Å². The number of nitrogens with two attached hydrogens (primary N) is 1. The summed E-state index contributed by atoms with van der Waals surface area (Å²) in [6, 6.07) is 10.8. The number of hydrogen-bond acceptors (Lipinski definition) is 6. The Kier molecular flexibility index (Phi) is 11.3. The van der Waals surface area contributed by atoms with Crippen LogP contribution in [0.25, 0.3) is 0 Å². The number of nitrogens with zero attached hydrogens (tertiary/aromatic N) is 2. The van der Waals surface area contributed by atoms with Crippen molar-refractivity contribution in [1.82, 2.24) is 9.71 Å². The number of pyridine rings is 1. The van der Waals surface area contributed by atoms with Crippen molar-refractivity contribution in [2.24, 2.45) is 10.7 Å². The van der Waals surface area contributed by atoms with E-state index in [1.807, 2.05) is 6.07 Å². The summed E-state index contributed by atoms with van der Waals surface area (Å²) in [5.74, 6) is 0.141. The van der Waals surface area contributed by atoms with Gasteiger partial charge in [-0.25, -0.2) is 13.9 Å². The highest BCUT2D eigenvalue weighted by Gasteiger charge is 2.17. The fraction of sp³-hybridized carbons (Fsp3) is 0.435. The van der Waals surface area contributed by atoms with Crippen LogP contribution in [0, 0.1) is 11.3 Å². The normalized spacial score (nSPS) is 15.1. The number of aromatic nitrogens is 1. The lowest BCUT2D eigenvalue weighted by Gasteiger charge is -2.24. The lowest BCUT2D eigenvalue weighted by Crippen LogP contribution is -2.29. The van der Waals surface area contributed by atoms with Crippen molar-refractivity contribution in [3.63, 3.8) is 0 Å². The molecule has 0 saturated heterocycles. The number of hydrogen-bond donors (Lipinski definition) is 4. The zero-order valence-electron chi connectivity index (χ0n) is 19.1. The summed E-state index contributed by atoms with van der Waals surface area (Å²) in [7, 11) is 0.265. The molecule has 1 aliphatic rings. The number of aromatic amines is 1. The van der Waals surface area contributed by atoms with Gasteiger partial charge >= 0.3 is 0 Å². The highest BCUT2D eigenvalue weighted by molar-refractivity contribution is 7.83. The fourth-order valence-corrected chi connectivity index (χ4v) is 4.30. The minimum atomic E-state index is -1.33. The third kappa shape index (κ3) is 8.46. The van der Waals surface area contributed by atoms with Gasteiger partial charge in [-0.3, -0.25) is 4.79 Å². The smallest absolute Gasteiger partial charge is 0.261 e. The Balaban J connectivity index is 0.00000122. The van der Waals surface area contributed by atoms with E-state index in [1.165, 1.54) is 26.2 Å². The summed E-state index contributed by atoms with van der Waals surface area (Å²) >= 11 is 0. The summed E-state index contributed by atoms with van der Waals surface area (Å²) in [4.78, 5) is 20.2. The summed E-state index contributed by atoms with van der Waals surface area (Å²) in [5.41, 5.74) is 7.56. The van der Waals surface area contributed by atoms with Crippen molar-refractivity contribution >= 4 is 28.2 Å². The molecule has 9 nitrogen and oxygen atoms in total. The number of nitriles is 1. The standard InChI is InChI=1S/C21H29N5O3S.C2H3N/c1-29-14-13-24-30(28)17-9-7-16(8-10-17)26-20(22)19-18(11-12-23-21(19)27)25-15-5-3-2-4-6-15;1-2-3/h7-12,15,24H,2-6,13-14H2,1H3,(H2,22,26)(H2,23,25,27);1H3.